The first-order valence-electron chi connectivity index (χ1n) is 7.21. The minimum absolute atomic E-state index is 0. The summed E-state index contributed by atoms with van der Waals surface area (Å²) in [5.74, 6) is 0. The van der Waals surface area contributed by atoms with Crippen molar-refractivity contribution >= 4 is 10.8 Å². The van der Waals surface area contributed by atoms with Crippen molar-refractivity contribution in [2.45, 2.75) is 26.2 Å². The van der Waals surface area contributed by atoms with Crippen LogP contribution in [-0.4, -0.2) is 0 Å². The fourth-order valence-electron chi connectivity index (χ4n) is 2.03. The van der Waals surface area contributed by atoms with Crippen molar-refractivity contribution in [1.29, 1.82) is 0 Å². The first kappa shape index (κ1) is 19.6. The van der Waals surface area contributed by atoms with Crippen molar-refractivity contribution in [3.05, 3.63) is 85.5 Å². The summed E-state index contributed by atoms with van der Waals surface area (Å²) in [7, 11) is 0. The third kappa shape index (κ3) is 7.27. The van der Waals surface area contributed by atoms with Gasteiger partial charge in [0.1, 0.15) is 0 Å². The Bertz CT molecular complexity index is 530. The van der Waals surface area contributed by atoms with Crippen molar-refractivity contribution in [2.24, 2.45) is 0 Å². The van der Waals surface area contributed by atoms with E-state index in [1.807, 2.05) is 0 Å². The molecular formula is C20H24Ti. The van der Waals surface area contributed by atoms with Gasteiger partial charge in [0.15, 0.2) is 0 Å². The molecule has 108 valence electrons. The first-order valence-corrected chi connectivity index (χ1v) is 7.21. The van der Waals surface area contributed by atoms with Crippen LogP contribution in [-0.2, 0) is 28.1 Å². The van der Waals surface area contributed by atoms with Gasteiger partial charge in [0, 0.05) is 0 Å². The molecule has 0 fully saturated rings. The molecule has 0 aliphatic rings. The maximum atomic E-state index is 3.00. The second kappa shape index (κ2) is 12.4. The van der Waals surface area contributed by atoms with Gasteiger partial charge in [-0.2, -0.15) is 35.2 Å². The fraction of sp³-hybridized carbons (Fsp3) is 0.200. The van der Waals surface area contributed by atoms with Crippen LogP contribution in [0.2, 0.25) is 0 Å². The van der Waals surface area contributed by atoms with Crippen molar-refractivity contribution in [2.75, 3.05) is 0 Å². The standard InChI is InChI=1S/C9H7.C9H13.C2H4.Ti/c1-2-5-9-7-3-6-8(9)4-1;1-2-3-6-9-7-4-5-8-9;1-2;/h1-7H;4-5,7-8H,2-3,6H2,1H3;1-2H2;/q2*-1;;+2. The molecule has 21 heavy (non-hydrogen) atoms. The molecule has 0 heterocycles. The Balaban J connectivity index is 0.000000327. The van der Waals surface area contributed by atoms with E-state index in [2.05, 4.69) is 86.8 Å². The number of aryl methyl sites for hydroxylation is 1. The maximum absolute atomic E-state index is 3.00. The van der Waals surface area contributed by atoms with E-state index in [0.717, 1.165) is 0 Å². The molecule has 3 aromatic rings. The molecule has 0 saturated carbocycles. The third-order valence-corrected chi connectivity index (χ3v) is 3.10. The smallest absolute Gasteiger partial charge is 0.213 e. The molecule has 0 nitrogen and oxygen atoms in total. The molecule has 3 rings (SSSR count). The van der Waals surface area contributed by atoms with E-state index in [-0.39, 0.29) is 21.7 Å². The van der Waals surface area contributed by atoms with Crippen molar-refractivity contribution < 1.29 is 21.7 Å². The molecular weight excluding hydrogens is 288 g/mol. The van der Waals surface area contributed by atoms with Gasteiger partial charge in [0.25, 0.3) is 0 Å². The molecule has 0 saturated heterocycles. The van der Waals surface area contributed by atoms with Crippen LogP contribution in [0.4, 0.5) is 0 Å². The molecule has 3 aromatic carbocycles. The zero-order valence-electron chi connectivity index (χ0n) is 12.9. The van der Waals surface area contributed by atoms with Crippen LogP contribution < -0.4 is 0 Å². The van der Waals surface area contributed by atoms with E-state index in [1.165, 1.54) is 35.6 Å². The summed E-state index contributed by atoms with van der Waals surface area (Å²) in [6, 6.07) is 23.3. The quantitative estimate of drug-likeness (QED) is 0.311. The predicted molar refractivity (Wildman–Crippen MR) is 91.4 cm³/mol. The average Bonchev–Trinajstić information content (AvgIpc) is 3.19. The van der Waals surface area contributed by atoms with Crippen LogP contribution >= 0.6 is 0 Å². The minimum Gasteiger partial charge on any atom is -0.213 e. The summed E-state index contributed by atoms with van der Waals surface area (Å²) < 4.78 is 0. The van der Waals surface area contributed by atoms with Crippen LogP contribution in [0.3, 0.4) is 0 Å². The summed E-state index contributed by atoms with van der Waals surface area (Å²) in [6.45, 7) is 8.23. The maximum Gasteiger partial charge on any atom is 2.00 e. The Labute approximate surface area is 144 Å². The van der Waals surface area contributed by atoms with E-state index in [9.17, 15) is 0 Å². The molecule has 0 aliphatic carbocycles. The molecule has 0 bridgehead atoms. The van der Waals surface area contributed by atoms with Gasteiger partial charge in [-0.15, -0.1) is 42.8 Å². The largest absolute Gasteiger partial charge is 2.00 e. The van der Waals surface area contributed by atoms with Crippen molar-refractivity contribution in [1.82, 2.24) is 0 Å². The normalized spacial score (nSPS) is 8.81. The third-order valence-electron chi connectivity index (χ3n) is 3.10. The zero-order chi connectivity index (χ0) is 14.6. The number of rotatable bonds is 3. The number of unbranched alkanes of at least 4 members (excludes halogenated alkanes) is 1. The van der Waals surface area contributed by atoms with Crippen molar-refractivity contribution in [3.8, 4) is 0 Å². The minimum atomic E-state index is 0. The number of hydrogen-bond donors (Lipinski definition) is 0. The van der Waals surface area contributed by atoms with Gasteiger partial charge in [-0.25, -0.2) is 12.1 Å². The molecule has 0 radical (unpaired) electrons. The summed E-state index contributed by atoms with van der Waals surface area (Å²) in [5.41, 5.74) is 1.48. The summed E-state index contributed by atoms with van der Waals surface area (Å²) >= 11 is 0. The van der Waals surface area contributed by atoms with Gasteiger partial charge in [0.05, 0.1) is 0 Å². The summed E-state index contributed by atoms with van der Waals surface area (Å²) in [5, 5.41) is 2.66. The van der Waals surface area contributed by atoms with E-state index in [4.69, 9.17) is 0 Å². The van der Waals surface area contributed by atoms with E-state index in [0.29, 0.717) is 0 Å². The molecule has 0 unspecified atom stereocenters. The SMILES string of the molecule is C=C.CCCC[c-]1cccc1.[Ti+2].c1ccc2[cH-]ccc2c1. The van der Waals surface area contributed by atoms with E-state index in [1.54, 1.807) is 0 Å². The second-order valence-electron chi connectivity index (χ2n) is 4.55. The van der Waals surface area contributed by atoms with Crippen LogP contribution in [0, 0.1) is 0 Å². The molecule has 0 aromatic heterocycles. The molecule has 0 spiro atoms. The van der Waals surface area contributed by atoms with E-state index < -0.39 is 0 Å². The number of fused-ring (bicyclic) bond motifs is 1. The molecule has 0 N–H and O–H groups in total. The van der Waals surface area contributed by atoms with Gasteiger partial charge in [-0.05, 0) is 0 Å². The van der Waals surface area contributed by atoms with Gasteiger partial charge in [0.2, 0.25) is 0 Å². The molecule has 1 heteroatoms. The zero-order valence-corrected chi connectivity index (χ0v) is 14.4. The molecule has 0 atom stereocenters. The Hall–Kier alpha value is -1.37. The first-order chi connectivity index (χ1) is 9.90. The Morgan fingerprint density at radius 2 is 1.67 bits per heavy atom. The average molecular weight is 312 g/mol. The van der Waals surface area contributed by atoms with Gasteiger partial charge < -0.3 is 0 Å². The van der Waals surface area contributed by atoms with Gasteiger partial charge in [-0.3, -0.25) is 0 Å². The Morgan fingerprint density at radius 1 is 1.00 bits per heavy atom. The van der Waals surface area contributed by atoms with E-state index >= 15 is 0 Å². The van der Waals surface area contributed by atoms with Crippen molar-refractivity contribution in [3.63, 3.8) is 0 Å². The van der Waals surface area contributed by atoms with Gasteiger partial charge in [-0.1, -0.05) is 32.3 Å². The van der Waals surface area contributed by atoms with Crippen LogP contribution in [0.25, 0.3) is 10.8 Å². The van der Waals surface area contributed by atoms with Crippen LogP contribution in [0.15, 0.2) is 79.9 Å². The number of benzene rings is 1. The Kier molecular flexibility index (Phi) is 11.6. The monoisotopic (exact) mass is 312 g/mol. The van der Waals surface area contributed by atoms with Gasteiger partial charge >= 0.3 is 21.7 Å². The predicted octanol–water partition coefficient (Wildman–Crippen LogP) is 6.11. The fourth-order valence-corrected chi connectivity index (χ4v) is 2.03. The summed E-state index contributed by atoms with van der Waals surface area (Å²) in [6.07, 6.45) is 3.87. The van der Waals surface area contributed by atoms with Crippen LogP contribution in [0.5, 0.6) is 0 Å². The summed E-state index contributed by atoms with van der Waals surface area (Å²) in [4.78, 5) is 0. The molecule has 0 amide bonds. The van der Waals surface area contributed by atoms with Crippen LogP contribution in [0.1, 0.15) is 25.3 Å². The number of hydrogen-bond acceptors (Lipinski definition) is 0. The Morgan fingerprint density at radius 3 is 2.29 bits per heavy atom. The topological polar surface area (TPSA) is 0 Å². The second-order valence-corrected chi connectivity index (χ2v) is 4.55. The molecule has 0 aliphatic heterocycles.